The quantitative estimate of drug-likeness (QED) is 0.737. The van der Waals surface area contributed by atoms with E-state index in [2.05, 4.69) is 0 Å². The van der Waals surface area contributed by atoms with Crippen molar-refractivity contribution >= 4 is 5.78 Å². The van der Waals surface area contributed by atoms with Crippen molar-refractivity contribution in [2.45, 2.75) is 19.1 Å². The van der Waals surface area contributed by atoms with E-state index in [1.807, 2.05) is 35.2 Å². The van der Waals surface area contributed by atoms with Crippen LogP contribution in [0.25, 0.3) is 0 Å². The Hall–Kier alpha value is -1.22. The Balaban J connectivity index is 1.94. The molecule has 0 saturated carbocycles. The minimum Gasteiger partial charge on any atom is -0.296 e. The molecule has 1 aliphatic heterocycles. The van der Waals surface area contributed by atoms with E-state index in [9.17, 15) is 9.18 Å². The molecule has 0 N–H and O–H groups in total. The number of nitrogens with zero attached hydrogens (tertiary/aromatic N) is 1. The highest BCUT2D eigenvalue weighted by Gasteiger charge is 2.26. The number of carbonyl (C=O) groups excluding carboxylic acids is 1. The summed E-state index contributed by atoms with van der Waals surface area (Å²) in [5.41, 5.74) is 1.17. The maximum Gasteiger partial charge on any atom is 0.171 e. The molecule has 15 heavy (non-hydrogen) atoms. The summed E-state index contributed by atoms with van der Waals surface area (Å²) in [6.07, 6.45) is -0.948. The van der Waals surface area contributed by atoms with E-state index in [0.717, 1.165) is 6.54 Å². The second kappa shape index (κ2) is 4.53. The van der Waals surface area contributed by atoms with Crippen LogP contribution in [0.4, 0.5) is 4.39 Å². The van der Waals surface area contributed by atoms with E-state index in [0.29, 0.717) is 13.0 Å². The van der Waals surface area contributed by atoms with E-state index in [-0.39, 0.29) is 12.3 Å². The molecule has 1 fully saturated rings. The number of benzene rings is 1. The molecule has 0 amide bonds. The van der Waals surface area contributed by atoms with Crippen molar-refractivity contribution in [3.05, 3.63) is 35.9 Å². The van der Waals surface area contributed by atoms with Gasteiger partial charge in [0.2, 0.25) is 0 Å². The maximum absolute atomic E-state index is 13.1. The first kappa shape index (κ1) is 10.3. The second-order valence-corrected chi connectivity index (χ2v) is 3.90. The first-order valence-corrected chi connectivity index (χ1v) is 5.19. The van der Waals surface area contributed by atoms with Crippen LogP contribution in [0, 0.1) is 0 Å². The average molecular weight is 207 g/mol. The lowest BCUT2D eigenvalue weighted by Gasteiger charge is -2.27. The summed E-state index contributed by atoms with van der Waals surface area (Å²) in [4.78, 5) is 13.0. The second-order valence-electron chi connectivity index (χ2n) is 3.90. The Bertz CT molecular complexity index is 339. The number of halogens is 1. The molecule has 1 aromatic rings. The standard InChI is InChI=1S/C12H14FNO/c13-11-9-14(7-6-12(11)15)8-10-4-2-1-3-5-10/h1-5,11H,6-9H2/t11-/m1/s1. The molecule has 80 valence electrons. The van der Waals surface area contributed by atoms with Gasteiger partial charge in [0.25, 0.3) is 0 Å². The van der Waals surface area contributed by atoms with Gasteiger partial charge in [-0.05, 0) is 5.56 Å². The normalized spacial score (nSPS) is 23.0. The molecule has 2 nitrogen and oxygen atoms in total. The highest BCUT2D eigenvalue weighted by Crippen LogP contribution is 2.13. The van der Waals surface area contributed by atoms with Crippen molar-refractivity contribution in [2.24, 2.45) is 0 Å². The van der Waals surface area contributed by atoms with E-state index in [4.69, 9.17) is 0 Å². The monoisotopic (exact) mass is 207 g/mol. The first-order valence-electron chi connectivity index (χ1n) is 5.19. The lowest BCUT2D eigenvalue weighted by atomic mass is 10.1. The van der Waals surface area contributed by atoms with Gasteiger partial charge >= 0.3 is 0 Å². The topological polar surface area (TPSA) is 20.3 Å². The third-order valence-corrected chi connectivity index (χ3v) is 2.69. The fourth-order valence-electron chi connectivity index (χ4n) is 1.83. The molecule has 1 atom stereocenters. The van der Waals surface area contributed by atoms with Crippen LogP contribution in [0.1, 0.15) is 12.0 Å². The first-order chi connectivity index (χ1) is 7.25. The van der Waals surface area contributed by atoms with E-state index in [1.54, 1.807) is 0 Å². The number of likely N-dealkylation sites (tertiary alicyclic amines) is 1. The molecule has 1 aromatic carbocycles. The van der Waals surface area contributed by atoms with Crippen molar-refractivity contribution < 1.29 is 9.18 Å². The summed E-state index contributed by atoms with van der Waals surface area (Å²) in [5.74, 6) is -0.251. The zero-order valence-electron chi connectivity index (χ0n) is 8.53. The molecule has 0 aliphatic carbocycles. The number of alkyl halides is 1. The highest BCUT2D eigenvalue weighted by atomic mass is 19.1. The number of rotatable bonds is 2. The fourth-order valence-corrected chi connectivity index (χ4v) is 1.83. The summed E-state index contributed by atoms with van der Waals surface area (Å²) >= 11 is 0. The molecule has 0 radical (unpaired) electrons. The molecular weight excluding hydrogens is 193 g/mol. The van der Waals surface area contributed by atoms with Crippen LogP contribution in [-0.2, 0) is 11.3 Å². The van der Waals surface area contributed by atoms with Gasteiger partial charge in [0.1, 0.15) is 0 Å². The lowest BCUT2D eigenvalue weighted by molar-refractivity contribution is -0.127. The Morgan fingerprint density at radius 1 is 1.33 bits per heavy atom. The molecular formula is C12H14FNO. The Labute approximate surface area is 88.7 Å². The van der Waals surface area contributed by atoms with Gasteiger partial charge in [-0.2, -0.15) is 0 Å². The minimum atomic E-state index is -1.29. The maximum atomic E-state index is 13.1. The van der Waals surface area contributed by atoms with Crippen molar-refractivity contribution in [2.75, 3.05) is 13.1 Å². The van der Waals surface area contributed by atoms with Crippen LogP contribution < -0.4 is 0 Å². The minimum absolute atomic E-state index is 0.244. The Kier molecular flexibility index (Phi) is 3.11. The van der Waals surface area contributed by atoms with Crippen molar-refractivity contribution in [1.82, 2.24) is 4.90 Å². The number of piperidine rings is 1. The number of hydrogen-bond donors (Lipinski definition) is 0. The van der Waals surface area contributed by atoms with E-state index in [1.165, 1.54) is 5.56 Å². The van der Waals surface area contributed by atoms with Crippen LogP contribution >= 0.6 is 0 Å². The van der Waals surface area contributed by atoms with Gasteiger partial charge in [-0.25, -0.2) is 4.39 Å². The van der Waals surface area contributed by atoms with E-state index < -0.39 is 6.17 Å². The molecule has 2 rings (SSSR count). The summed E-state index contributed by atoms with van der Waals surface area (Å²) in [6.45, 7) is 1.65. The number of Topliss-reactive ketones (excluding diaryl/α,β-unsaturated/α-hetero) is 1. The van der Waals surface area contributed by atoms with Gasteiger partial charge < -0.3 is 0 Å². The van der Waals surface area contributed by atoms with Crippen LogP contribution in [0.5, 0.6) is 0 Å². The van der Waals surface area contributed by atoms with Gasteiger partial charge in [-0.3, -0.25) is 9.69 Å². The fraction of sp³-hybridized carbons (Fsp3) is 0.417. The Morgan fingerprint density at radius 3 is 2.73 bits per heavy atom. The molecule has 0 spiro atoms. The third-order valence-electron chi connectivity index (χ3n) is 2.69. The average Bonchev–Trinajstić information content (AvgIpc) is 2.25. The van der Waals surface area contributed by atoms with Gasteiger partial charge in [0.05, 0.1) is 0 Å². The molecule has 0 aromatic heterocycles. The van der Waals surface area contributed by atoms with Crippen LogP contribution in [0.15, 0.2) is 30.3 Å². The number of carbonyl (C=O) groups is 1. The van der Waals surface area contributed by atoms with Gasteiger partial charge in [0, 0.05) is 26.1 Å². The molecule has 1 heterocycles. The zero-order chi connectivity index (χ0) is 10.7. The lowest BCUT2D eigenvalue weighted by Crippen LogP contribution is -2.41. The largest absolute Gasteiger partial charge is 0.296 e. The van der Waals surface area contributed by atoms with Gasteiger partial charge in [-0.15, -0.1) is 0 Å². The molecule has 0 bridgehead atoms. The van der Waals surface area contributed by atoms with Crippen LogP contribution in [0.2, 0.25) is 0 Å². The van der Waals surface area contributed by atoms with Gasteiger partial charge in [-0.1, -0.05) is 30.3 Å². The highest BCUT2D eigenvalue weighted by molar-refractivity contribution is 5.84. The van der Waals surface area contributed by atoms with Crippen molar-refractivity contribution in [1.29, 1.82) is 0 Å². The van der Waals surface area contributed by atoms with Gasteiger partial charge in [0.15, 0.2) is 12.0 Å². The zero-order valence-corrected chi connectivity index (χ0v) is 8.53. The molecule has 0 unspecified atom stereocenters. The predicted octanol–water partition coefficient (Wildman–Crippen LogP) is 1.80. The number of ketones is 1. The van der Waals surface area contributed by atoms with Crippen molar-refractivity contribution in [3.8, 4) is 0 Å². The number of hydrogen-bond acceptors (Lipinski definition) is 2. The SMILES string of the molecule is O=C1CCN(Cc2ccccc2)C[C@H]1F. The molecule has 3 heteroatoms. The van der Waals surface area contributed by atoms with E-state index >= 15 is 0 Å². The summed E-state index contributed by atoms with van der Waals surface area (Å²) in [5, 5.41) is 0. The summed E-state index contributed by atoms with van der Waals surface area (Å²) in [7, 11) is 0. The third kappa shape index (κ3) is 2.63. The Morgan fingerprint density at radius 2 is 2.07 bits per heavy atom. The summed E-state index contributed by atoms with van der Waals surface area (Å²) in [6, 6.07) is 9.93. The summed E-state index contributed by atoms with van der Waals surface area (Å²) < 4.78 is 13.1. The van der Waals surface area contributed by atoms with Crippen LogP contribution in [-0.4, -0.2) is 29.9 Å². The van der Waals surface area contributed by atoms with Crippen LogP contribution in [0.3, 0.4) is 0 Å². The molecule has 1 saturated heterocycles. The predicted molar refractivity (Wildman–Crippen MR) is 56.2 cm³/mol. The molecule has 1 aliphatic rings. The van der Waals surface area contributed by atoms with Crippen molar-refractivity contribution in [3.63, 3.8) is 0 Å². The smallest absolute Gasteiger partial charge is 0.171 e.